The van der Waals surface area contributed by atoms with E-state index in [2.05, 4.69) is 23.5 Å². The fourth-order valence-electron chi connectivity index (χ4n) is 2.51. The summed E-state index contributed by atoms with van der Waals surface area (Å²) in [6.45, 7) is 2.22. The van der Waals surface area contributed by atoms with Crippen molar-refractivity contribution in [1.29, 1.82) is 0 Å². The number of nitrogens with zero attached hydrogens (tertiary/aromatic N) is 1. The van der Waals surface area contributed by atoms with Crippen molar-refractivity contribution < 1.29 is 4.79 Å². The van der Waals surface area contributed by atoms with Gasteiger partial charge in [0.2, 0.25) is 5.91 Å². The van der Waals surface area contributed by atoms with Crippen molar-refractivity contribution in [3.8, 4) is 0 Å². The van der Waals surface area contributed by atoms with Gasteiger partial charge in [-0.25, -0.2) is 0 Å². The van der Waals surface area contributed by atoms with E-state index in [1.807, 2.05) is 11.0 Å². The van der Waals surface area contributed by atoms with E-state index < -0.39 is 0 Å². The van der Waals surface area contributed by atoms with Gasteiger partial charge in [-0.05, 0) is 17.5 Å². The standard InChI is InChI=1S/C12H14N2O/c15-12-7-13-6-11-5-9-3-1-2-4-10(9)8-14(11)12/h1-4,11,13H,5-8H2. The number of amides is 1. The number of benzene rings is 1. The Kier molecular flexibility index (Phi) is 1.99. The zero-order valence-electron chi connectivity index (χ0n) is 8.57. The SMILES string of the molecule is O=C1CNCC2Cc3ccccc3CN12. The minimum atomic E-state index is 0.237. The third kappa shape index (κ3) is 1.43. The molecule has 3 heteroatoms. The Morgan fingerprint density at radius 3 is 2.93 bits per heavy atom. The van der Waals surface area contributed by atoms with Gasteiger partial charge in [0.15, 0.2) is 0 Å². The summed E-state index contributed by atoms with van der Waals surface area (Å²) in [5.41, 5.74) is 2.71. The van der Waals surface area contributed by atoms with Crippen molar-refractivity contribution in [3.63, 3.8) is 0 Å². The first-order valence-electron chi connectivity index (χ1n) is 5.41. The summed E-state index contributed by atoms with van der Waals surface area (Å²) in [6, 6.07) is 8.78. The van der Waals surface area contributed by atoms with Gasteiger partial charge in [-0.1, -0.05) is 24.3 Å². The molecule has 3 rings (SSSR count). The first-order valence-corrected chi connectivity index (χ1v) is 5.41. The van der Waals surface area contributed by atoms with E-state index in [-0.39, 0.29) is 5.91 Å². The maximum atomic E-state index is 11.7. The lowest BCUT2D eigenvalue weighted by Gasteiger charge is -2.40. The molecule has 1 unspecified atom stereocenters. The Bertz CT molecular complexity index is 402. The Labute approximate surface area is 89.1 Å². The van der Waals surface area contributed by atoms with Crippen molar-refractivity contribution in [2.24, 2.45) is 0 Å². The number of fused-ring (bicyclic) bond motifs is 2. The quantitative estimate of drug-likeness (QED) is 0.666. The van der Waals surface area contributed by atoms with Crippen LogP contribution in [0.4, 0.5) is 0 Å². The number of hydrogen-bond acceptors (Lipinski definition) is 2. The number of piperazine rings is 1. The minimum absolute atomic E-state index is 0.237. The van der Waals surface area contributed by atoms with Crippen molar-refractivity contribution in [2.45, 2.75) is 19.0 Å². The Hall–Kier alpha value is -1.35. The van der Waals surface area contributed by atoms with Gasteiger partial charge in [0.25, 0.3) is 0 Å². The van der Waals surface area contributed by atoms with Crippen LogP contribution in [0.5, 0.6) is 0 Å². The molecule has 2 aliphatic rings. The van der Waals surface area contributed by atoms with Crippen LogP contribution < -0.4 is 5.32 Å². The van der Waals surface area contributed by atoms with Gasteiger partial charge in [-0.2, -0.15) is 0 Å². The highest BCUT2D eigenvalue weighted by Gasteiger charge is 2.31. The fraction of sp³-hybridized carbons (Fsp3) is 0.417. The molecule has 1 saturated heterocycles. The molecule has 15 heavy (non-hydrogen) atoms. The molecule has 2 aliphatic heterocycles. The van der Waals surface area contributed by atoms with Gasteiger partial charge in [0.05, 0.1) is 6.54 Å². The lowest BCUT2D eigenvalue weighted by Crippen LogP contribution is -2.56. The van der Waals surface area contributed by atoms with E-state index in [9.17, 15) is 4.79 Å². The molecule has 3 nitrogen and oxygen atoms in total. The van der Waals surface area contributed by atoms with Crippen LogP contribution in [-0.4, -0.2) is 29.9 Å². The average molecular weight is 202 g/mol. The van der Waals surface area contributed by atoms with Gasteiger partial charge in [-0.3, -0.25) is 4.79 Å². The summed E-state index contributed by atoms with van der Waals surface area (Å²) in [7, 11) is 0. The van der Waals surface area contributed by atoms with Gasteiger partial charge >= 0.3 is 0 Å². The van der Waals surface area contributed by atoms with Gasteiger partial charge in [0.1, 0.15) is 0 Å². The smallest absolute Gasteiger partial charge is 0.237 e. The lowest BCUT2D eigenvalue weighted by atomic mass is 9.93. The summed E-state index contributed by atoms with van der Waals surface area (Å²) < 4.78 is 0. The van der Waals surface area contributed by atoms with Crippen molar-refractivity contribution in [2.75, 3.05) is 13.1 Å². The molecule has 0 radical (unpaired) electrons. The molecule has 1 aromatic rings. The van der Waals surface area contributed by atoms with Crippen molar-refractivity contribution >= 4 is 5.91 Å². The van der Waals surface area contributed by atoms with E-state index in [4.69, 9.17) is 0 Å². The molecule has 1 N–H and O–H groups in total. The second kappa shape index (κ2) is 3.35. The topological polar surface area (TPSA) is 32.3 Å². The molecule has 0 aromatic heterocycles. The van der Waals surface area contributed by atoms with Crippen LogP contribution in [0.25, 0.3) is 0 Å². The summed E-state index contributed by atoms with van der Waals surface area (Å²) in [5, 5.41) is 3.17. The molecule has 78 valence electrons. The summed E-state index contributed by atoms with van der Waals surface area (Å²) in [6.07, 6.45) is 0.995. The van der Waals surface area contributed by atoms with Gasteiger partial charge in [0, 0.05) is 19.1 Å². The van der Waals surface area contributed by atoms with Crippen LogP contribution in [0.2, 0.25) is 0 Å². The maximum Gasteiger partial charge on any atom is 0.237 e. The third-order valence-electron chi connectivity index (χ3n) is 3.33. The van der Waals surface area contributed by atoms with Gasteiger partial charge < -0.3 is 10.2 Å². The number of nitrogens with one attached hydrogen (secondary N) is 1. The molecule has 1 amide bonds. The van der Waals surface area contributed by atoms with Crippen molar-refractivity contribution in [3.05, 3.63) is 35.4 Å². The molecule has 1 fully saturated rings. The van der Waals surface area contributed by atoms with E-state index >= 15 is 0 Å². The highest BCUT2D eigenvalue weighted by Crippen LogP contribution is 2.24. The van der Waals surface area contributed by atoms with E-state index in [0.29, 0.717) is 12.6 Å². The second-order valence-electron chi connectivity index (χ2n) is 4.28. The monoisotopic (exact) mass is 202 g/mol. The molecule has 1 aromatic carbocycles. The molecule has 0 aliphatic carbocycles. The molecular formula is C12H14N2O. The largest absolute Gasteiger partial charge is 0.333 e. The molecular weight excluding hydrogens is 188 g/mol. The number of rotatable bonds is 0. The number of carbonyl (C=O) groups excluding carboxylic acids is 1. The van der Waals surface area contributed by atoms with E-state index in [1.54, 1.807) is 0 Å². The van der Waals surface area contributed by atoms with E-state index in [1.165, 1.54) is 11.1 Å². The zero-order valence-corrected chi connectivity index (χ0v) is 8.57. The molecule has 2 heterocycles. The molecule has 0 saturated carbocycles. The third-order valence-corrected chi connectivity index (χ3v) is 3.33. The lowest BCUT2D eigenvalue weighted by molar-refractivity contribution is -0.136. The van der Waals surface area contributed by atoms with Crippen molar-refractivity contribution in [1.82, 2.24) is 10.2 Å². The fourth-order valence-corrected chi connectivity index (χ4v) is 2.51. The minimum Gasteiger partial charge on any atom is -0.333 e. The van der Waals surface area contributed by atoms with Gasteiger partial charge in [-0.15, -0.1) is 0 Å². The predicted octanol–water partition coefficient (Wildman–Crippen LogP) is 0.543. The van der Waals surface area contributed by atoms with Crippen LogP contribution in [0, 0.1) is 0 Å². The summed E-state index contributed by atoms with van der Waals surface area (Å²) in [4.78, 5) is 13.7. The molecule has 1 atom stereocenters. The highest BCUT2D eigenvalue weighted by molar-refractivity contribution is 5.79. The number of carbonyl (C=O) groups is 1. The van der Waals surface area contributed by atoms with Crippen LogP contribution >= 0.6 is 0 Å². The highest BCUT2D eigenvalue weighted by atomic mass is 16.2. The van der Waals surface area contributed by atoms with Crippen LogP contribution in [0.15, 0.2) is 24.3 Å². The predicted molar refractivity (Wildman–Crippen MR) is 57.4 cm³/mol. The number of hydrogen-bond donors (Lipinski definition) is 1. The Morgan fingerprint density at radius 2 is 2.07 bits per heavy atom. The Balaban J connectivity index is 1.95. The van der Waals surface area contributed by atoms with Crippen LogP contribution in [0.3, 0.4) is 0 Å². The molecule has 0 spiro atoms. The average Bonchev–Trinajstić information content (AvgIpc) is 2.27. The molecule has 0 bridgehead atoms. The first-order chi connectivity index (χ1) is 7.34. The Morgan fingerprint density at radius 1 is 1.27 bits per heavy atom. The summed E-state index contributed by atoms with van der Waals surface area (Å²) >= 11 is 0. The van der Waals surface area contributed by atoms with Crippen LogP contribution in [-0.2, 0) is 17.8 Å². The summed E-state index contributed by atoms with van der Waals surface area (Å²) in [5.74, 6) is 0.237. The van der Waals surface area contributed by atoms with Crippen LogP contribution in [0.1, 0.15) is 11.1 Å². The van der Waals surface area contributed by atoms with E-state index in [0.717, 1.165) is 19.5 Å². The first kappa shape index (κ1) is 8.92. The maximum absolute atomic E-state index is 11.7. The normalized spacial score (nSPS) is 24.7. The second-order valence-corrected chi connectivity index (χ2v) is 4.28. The zero-order chi connectivity index (χ0) is 10.3.